The van der Waals surface area contributed by atoms with E-state index in [1.54, 1.807) is 23.9 Å². The van der Waals surface area contributed by atoms with Crippen LogP contribution >= 0.6 is 11.8 Å². The second kappa shape index (κ2) is 8.04. The van der Waals surface area contributed by atoms with Crippen LogP contribution in [0.25, 0.3) is 0 Å². The van der Waals surface area contributed by atoms with Crippen molar-refractivity contribution in [3.8, 4) is 6.07 Å². The molecule has 1 amide bonds. The van der Waals surface area contributed by atoms with Crippen molar-refractivity contribution in [2.75, 3.05) is 12.3 Å². The van der Waals surface area contributed by atoms with Gasteiger partial charge in [-0.2, -0.15) is 5.26 Å². The second-order valence-corrected chi connectivity index (χ2v) is 6.39. The molecule has 5 heteroatoms. The lowest BCUT2D eigenvalue weighted by Crippen LogP contribution is -2.37. The van der Waals surface area contributed by atoms with Gasteiger partial charge in [-0.25, -0.2) is 4.39 Å². The van der Waals surface area contributed by atoms with Crippen molar-refractivity contribution >= 4 is 17.7 Å². The number of carbonyl (C=O) groups is 1. The van der Waals surface area contributed by atoms with Gasteiger partial charge in [-0.1, -0.05) is 12.8 Å². The zero-order chi connectivity index (χ0) is 15.1. The topological polar surface area (TPSA) is 52.9 Å². The van der Waals surface area contributed by atoms with E-state index >= 15 is 0 Å². The molecule has 0 radical (unpaired) electrons. The van der Waals surface area contributed by atoms with Crippen LogP contribution in [0.5, 0.6) is 0 Å². The molecule has 0 aliphatic heterocycles. The summed E-state index contributed by atoms with van der Waals surface area (Å²) >= 11 is 1.67. The number of amides is 1. The van der Waals surface area contributed by atoms with Gasteiger partial charge in [-0.3, -0.25) is 4.79 Å². The SMILES string of the molecule is N#CCNC(=O)C1CCCCC1CSc1ccc(F)cc1. The van der Waals surface area contributed by atoms with Crippen LogP contribution in [0, 0.1) is 29.0 Å². The Balaban J connectivity index is 1.91. The molecule has 2 rings (SSSR count). The highest BCUT2D eigenvalue weighted by Crippen LogP contribution is 2.34. The number of nitrogens with zero attached hydrogens (tertiary/aromatic N) is 1. The van der Waals surface area contributed by atoms with Gasteiger partial charge in [0, 0.05) is 16.6 Å². The third-order valence-electron chi connectivity index (χ3n) is 3.87. The predicted molar refractivity (Wildman–Crippen MR) is 81.2 cm³/mol. The van der Waals surface area contributed by atoms with Gasteiger partial charge in [0.1, 0.15) is 12.4 Å². The highest BCUT2D eigenvalue weighted by atomic mass is 32.2. The van der Waals surface area contributed by atoms with Crippen LogP contribution in [-0.2, 0) is 4.79 Å². The lowest BCUT2D eigenvalue weighted by atomic mass is 9.80. The van der Waals surface area contributed by atoms with E-state index in [-0.39, 0.29) is 24.2 Å². The molecule has 0 spiro atoms. The molecule has 2 unspecified atom stereocenters. The molecular weight excluding hydrogens is 287 g/mol. The molecule has 1 aliphatic carbocycles. The Labute approximate surface area is 128 Å². The minimum absolute atomic E-state index is 0.0000448. The lowest BCUT2D eigenvalue weighted by Gasteiger charge is -2.30. The van der Waals surface area contributed by atoms with Crippen LogP contribution in [0.4, 0.5) is 4.39 Å². The summed E-state index contributed by atoms with van der Waals surface area (Å²) in [4.78, 5) is 13.1. The summed E-state index contributed by atoms with van der Waals surface area (Å²) in [7, 11) is 0. The van der Waals surface area contributed by atoms with Gasteiger partial charge in [-0.05, 0) is 43.0 Å². The molecule has 2 atom stereocenters. The van der Waals surface area contributed by atoms with Crippen molar-refractivity contribution < 1.29 is 9.18 Å². The average molecular weight is 306 g/mol. The summed E-state index contributed by atoms with van der Waals surface area (Å²) in [6, 6.07) is 8.40. The average Bonchev–Trinajstić information content (AvgIpc) is 2.52. The fourth-order valence-electron chi connectivity index (χ4n) is 2.74. The summed E-state index contributed by atoms with van der Waals surface area (Å²) < 4.78 is 12.9. The van der Waals surface area contributed by atoms with Gasteiger partial charge in [0.2, 0.25) is 5.91 Å². The first-order valence-electron chi connectivity index (χ1n) is 7.23. The van der Waals surface area contributed by atoms with Crippen molar-refractivity contribution in [1.82, 2.24) is 5.32 Å². The first-order valence-corrected chi connectivity index (χ1v) is 8.22. The van der Waals surface area contributed by atoms with Crippen LogP contribution in [0.15, 0.2) is 29.2 Å². The fraction of sp³-hybridized carbons (Fsp3) is 0.500. The van der Waals surface area contributed by atoms with E-state index in [9.17, 15) is 9.18 Å². The van der Waals surface area contributed by atoms with E-state index in [0.29, 0.717) is 5.92 Å². The van der Waals surface area contributed by atoms with Gasteiger partial charge in [0.05, 0.1) is 6.07 Å². The van der Waals surface area contributed by atoms with Crippen LogP contribution in [0.3, 0.4) is 0 Å². The summed E-state index contributed by atoms with van der Waals surface area (Å²) in [6.07, 6.45) is 4.16. The van der Waals surface area contributed by atoms with Crippen molar-refractivity contribution in [2.24, 2.45) is 11.8 Å². The number of rotatable bonds is 5. The van der Waals surface area contributed by atoms with E-state index in [1.165, 1.54) is 12.1 Å². The van der Waals surface area contributed by atoms with Crippen LogP contribution in [0.2, 0.25) is 0 Å². The molecule has 21 heavy (non-hydrogen) atoms. The first kappa shape index (κ1) is 15.8. The van der Waals surface area contributed by atoms with Gasteiger partial charge >= 0.3 is 0 Å². The molecule has 1 saturated carbocycles. The number of thioether (sulfide) groups is 1. The summed E-state index contributed by atoms with van der Waals surface area (Å²) in [5.74, 6) is 0.954. The Hall–Kier alpha value is -1.54. The van der Waals surface area contributed by atoms with E-state index in [1.807, 2.05) is 6.07 Å². The molecule has 3 nitrogen and oxygen atoms in total. The summed E-state index contributed by atoms with van der Waals surface area (Å²) in [5.41, 5.74) is 0. The Morgan fingerprint density at radius 3 is 2.76 bits per heavy atom. The smallest absolute Gasteiger partial charge is 0.224 e. The third-order valence-corrected chi connectivity index (χ3v) is 5.07. The predicted octanol–water partition coefficient (Wildman–Crippen LogP) is 3.36. The standard InChI is InChI=1S/C16H19FN2OS/c17-13-5-7-14(8-6-13)21-11-12-3-1-2-4-15(12)16(20)19-10-9-18/h5-8,12,15H,1-4,10-11H2,(H,19,20). The van der Waals surface area contributed by atoms with Gasteiger partial charge in [-0.15, -0.1) is 11.8 Å². The highest BCUT2D eigenvalue weighted by Gasteiger charge is 2.30. The number of hydrogen-bond donors (Lipinski definition) is 1. The number of benzene rings is 1. The quantitative estimate of drug-likeness (QED) is 0.670. The number of carbonyl (C=O) groups excluding carboxylic acids is 1. The third kappa shape index (κ3) is 4.75. The number of nitrogens with one attached hydrogen (secondary N) is 1. The molecule has 1 aromatic carbocycles. The molecule has 1 N–H and O–H groups in total. The summed E-state index contributed by atoms with van der Waals surface area (Å²) in [6.45, 7) is 0.0765. The number of hydrogen-bond acceptors (Lipinski definition) is 3. The lowest BCUT2D eigenvalue weighted by molar-refractivity contribution is -0.127. The van der Waals surface area contributed by atoms with E-state index < -0.39 is 0 Å². The Bertz CT molecular complexity index is 512. The van der Waals surface area contributed by atoms with E-state index in [4.69, 9.17) is 5.26 Å². The van der Waals surface area contributed by atoms with E-state index in [2.05, 4.69) is 5.32 Å². The van der Waals surface area contributed by atoms with Crippen LogP contribution in [0.1, 0.15) is 25.7 Å². The zero-order valence-electron chi connectivity index (χ0n) is 11.8. The zero-order valence-corrected chi connectivity index (χ0v) is 12.7. The van der Waals surface area contributed by atoms with Gasteiger partial charge in [0.15, 0.2) is 0 Å². The normalized spacial score (nSPS) is 21.5. The number of halogens is 1. The van der Waals surface area contributed by atoms with Crippen molar-refractivity contribution in [3.63, 3.8) is 0 Å². The molecule has 1 fully saturated rings. The molecule has 0 heterocycles. The molecule has 0 aromatic heterocycles. The molecule has 1 aromatic rings. The Morgan fingerprint density at radius 1 is 1.33 bits per heavy atom. The molecule has 0 saturated heterocycles. The fourth-order valence-corrected chi connectivity index (χ4v) is 3.88. The maximum Gasteiger partial charge on any atom is 0.224 e. The van der Waals surface area contributed by atoms with Crippen LogP contribution in [-0.4, -0.2) is 18.2 Å². The number of nitriles is 1. The minimum Gasteiger partial charge on any atom is -0.343 e. The van der Waals surface area contributed by atoms with E-state index in [0.717, 1.165) is 36.3 Å². The van der Waals surface area contributed by atoms with Gasteiger partial charge in [0.25, 0.3) is 0 Å². The molecular formula is C16H19FN2OS. The van der Waals surface area contributed by atoms with Crippen molar-refractivity contribution in [2.45, 2.75) is 30.6 Å². The maximum absolute atomic E-state index is 12.9. The monoisotopic (exact) mass is 306 g/mol. The Kier molecular flexibility index (Phi) is 6.06. The molecule has 112 valence electrons. The highest BCUT2D eigenvalue weighted by molar-refractivity contribution is 7.99. The largest absolute Gasteiger partial charge is 0.343 e. The minimum atomic E-state index is -0.231. The molecule has 0 bridgehead atoms. The molecule has 1 aliphatic rings. The van der Waals surface area contributed by atoms with Crippen molar-refractivity contribution in [1.29, 1.82) is 5.26 Å². The van der Waals surface area contributed by atoms with Crippen molar-refractivity contribution in [3.05, 3.63) is 30.1 Å². The first-order chi connectivity index (χ1) is 10.2. The summed E-state index contributed by atoms with van der Waals surface area (Å²) in [5, 5.41) is 11.2. The Morgan fingerprint density at radius 2 is 2.05 bits per heavy atom. The van der Waals surface area contributed by atoms with Crippen LogP contribution < -0.4 is 5.32 Å². The van der Waals surface area contributed by atoms with Gasteiger partial charge < -0.3 is 5.32 Å². The second-order valence-electron chi connectivity index (χ2n) is 5.29. The maximum atomic E-state index is 12.9.